The van der Waals surface area contributed by atoms with Crippen molar-refractivity contribution in [2.75, 3.05) is 13.2 Å². The third kappa shape index (κ3) is 4.85. The molecule has 4 aromatic rings. The molecule has 0 aliphatic heterocycles. The number of rotatable bonds is 9. The van der Waals surface area contributed by atoms with Crippen LogP contribution >= 0.6 is 0 Å². The van der Waals surface area contributed by atoms with Crippen LogP contribution in [0.2, 0.25) is 0 Å². The fraction of sp³-hybridized carbons (Fsp3) is 0.308. The molecular weight excluding hydrogens is 400 g/mol. The van der Waals surface area contributed by atoms with E-state index in [1.165, 1.54) is 0 Å². The second-order valence-electron chi connectivity index (χ2n) is 8.08. The van der Waals surface area contributed by atoms with Crippen LogP contribution in [0.4, 0.5) is 0 Å². The summed E-state index contributed by atoms with van der Waals surface area (Å²) in [5, 5.41) is 14.7. The van der Waals surface area contributed by atoms with Crippen LogP contribution < -0.4 is 9.47 Å². The lowest BCUT2D eigenvalue weighted by molar-refractivity contribution is 0.266. The highest BCUT2D eigenvalue weighted by molar-refractivity contribution is 5.70. The number of nitrogens with one attached hydrogen (secondary N) is 2. The minimum absolute atomic E-state index is 0.656. The molecule has 2 heterocycles. The topological polar surface area (TPSA) is 75.8 Å². The average Bonchev–Trinajstić information content (AvgIpc) is 3.31. The minimum Gasteiger partial charge on any atom is -0.494 e. The maximum absolute atomic E-state index is 5.97. The van der Waals surface area contributed by atoms with E-state index in [0.29, 0.717) is 13.2 Å². The molecule has 6 nitrogen and oxygen atoms in total. The van der Waals surface area contributed by atoms with Gasteiger partial charge >= 0.3 is 0 Å². The van der Waals surface area contributed by atoms with Crippen LogP contribution in [-0.2, 0) is 0 Å². The van der Waals surface area contributed by atoms with E-state index in [-0.39, 0.29) is 0 Å². The molecule has 0 atom stereocenters. The molecular formula is C26H30N4O2. The highest BCUT2D eigenvalue weighted by Gasteiger charge is 2.11. The van der Waals surface area contributed by atoms with Gasteiger partial charge in [0.1, 0.15) is 11.5 Å². The van der Waals surface area contributed by atoms with E-state index < -0.39 is 0 Å². The van der Waals surface area contributed by atoms with Crippen molar-refractivity contribution in [3.8, 4) is 33.8 Å². The van der Waals surface area contributed by atoms with E-state index in [1.807, 2.05) is 52.0 Å². The van der Waals surface area contributed by atoms with Crippen molar-refractivity contribution in [2.45, 2.75) is 40.5 Å². The van der Waals surface area contributed by atoms with Crippen molar-refractivity contribution >= 4 is 0 Å². The van der Waals surface area contributed by atoms with E-state index in [9.17, 15) is 0 Å². The quantitative estimate of drug-likeness (QED) is 0.322. The van der Waals surface area contributed by atoms with Crippen molar-refractivity contribution in [2.24, 2.45) is 0 Å². The van der Waals surface area contributed by atoms with Gasteiger partial charge in [0.2, 0.25) is 0 Å². The van der Waals surface area contributed by atoms with Crippen LogP contribution in [0, 0.1) is 27.7 Å². The second-order valence-corrected chi connectivity index (χ2v) is 8.08. The van der Waals surface area contributed by atoms with Gasteiger partial charge in [-0.3, -0.25) is 10.2 Å². The van der Waals surface area contributed by atoms with Gasteiger partial charge in [-0.2, -0.15) is 10.2 Å². The zero-order valence-electron chi connectivity index (χ0n) is 19.2. The third-order valence-corrected chi connectivity index (χ3v) is 5.58. The normalized spacial score (nSPS) is 11.0. The Morgan fingerprint density at radius 1 is 0.656 bits per heavy atom. The Hall–Kier alpha value is -3.54. The van der Waals surface area contributed by atoms with Crippen LogP contribution in [0.15, 0.2) is 48.5 Å². The molecule has 166 valence electrons. The van der Waals surface area contributed by atoms with Crippen molar-refractivity contribution in [3.63, 3.8) is 0 Å². The van der Waals surface area contributed by atoms with Crippen LogP contribution in [0.5, 0.6) is 11.5 Å². The number of aromatic amines is 2. The molecule has 0 saturated carbocycles. The first kappa shape index (κ1) is 21.7. The predicted octanol–water partition coefficient (Wildman–Crippen LogP) is 5.94. The number of unbranched alkanes of at least 4 members (excludes halogenated alkanes) is 1. The van der Waals surface area contributed by atoms with Gasteiger partial charge < -0.3 is 9.47 Å². The summed E-state index contributed by atoms with van der Waals surface area (Å²) in [7, 11) is 0. The Morgan fingerprint density at radius 3 is 1.47 bits per heavy atom. The van der Waals surface area contributed by atoms with E-state index in [1.54, 1.807) is 0 Å². The zero-order valence-corrected chi connectivity index (χ0v) is 19.2. The molecule has 6 heteroatoms. The number of aromatic nitrogens is 4. The lowest BCUT2D eigenvalue weighted by Gasteiger charge is -2.10. The van der Waals surface area contributed by atoms with Crippen LogP contribution in [-0.4, -0.2) is 33.6 Å². The largest absolute Gasteiger partial charge is 0.494 e. The smallest absolute Gasteiger partial charge is 0.119 e. The summed E-state index contributed by atoms with van der Waals surface area (Å²) in [6, 6.07) is 16.4. The molecule has 2 aromatic carbocycles. The monoisotopic (exact) mass is 430 g/mol. The maximum atomic E-state index is 5.97. The number of hydrogen-bond donors (Lipinski definition) is 2. The number of H-pyrrole nitrogens is 2. The highest BCUT2D eigenvalue weighted by Crippen LogP contribution is 2.29. The van der Waals surface area contributed by atoms with Gasteiger partial charge in [0.25, 0.3) is 0 Å². The van der Waals surface area contributed by atoms with E-state index >= 15 is 0 Å². The van der Waals surface area contributed by atoms with Crippen LogP contribution in [0.3, 0.4) is 0 Å². The summed E-state index contributed by atoms with van der Waals surface area (Å²) < 4.78 is 11.9. The van der Waals surface area contributed by atoms with Crippen LogP contribution in [0.1, 0.15) is 35.6 Å². The lowest BCUT2D eigenvalue weighted by atomic mass is 10.0. The Kier molecular flexibility index (Phi) is 6.59. The van der Waals surface area contributed by atoms with E-state index in [4.69, 9.17) is 9.47 Å². The van der Waals surface area contributed by atoms with Gasteiger partial charge in [-0.25, -0.2) is 0 Å². The number of benzene rings is 2. The number of nitrogens with zero attached hydrogens (tertiary/aromatic N) is 2. The van der Waals surface area contributed by atoms with Crippen molar-refractivity contribution < 1.29 is 9.47 Å². The minimum atomic E-state index is 0.656. The molecule has 0 spiro atoms. The molecule has 0 amide bonds. The molecule has 0 aliphatic carbocycles. The van der Waals surface area contributed by atoms with Crippen molar-refractivity contribution in [1.82, 2.24) is 20.4 Å². The first-order chi connectivity index (χ1) is 15.5. The Bertz CT molecular complexity index is 1060. The van der Waals surface area contributed by atoms with Crippen molar-refractivity contribution in [3.05, 3.63) is 71.3 Å². The van der Waals surface area contributed by atoms with Gasteiger partial charge in [0, 0.05) is 22.5 Å². The van der Waals surface area contributed by atoms with E-state index in [2.05, 4.69) is 44.7 Å². The SMILES string of the molecule is Cc1n[nH]c(C)c1-c1cccc(OCCCCOc2cccc(-c3c(C)n[nH]c3C)c2)c1. The maximum Gasteiger partial charge on any atom is 0.119 e. The standard InChI is InChI=1S/C26H30N4O2/c1-17-25(18(2)28-27-17)21-9-7-11-23(15-21)31-13-5-6-14-32-24-12-8-10-22(16-24)26-19(3)29-30-20(26)4/h7-12,15-16H,5-6,13-14H2,1-4H3,(H,27,28)(H,29,30). The number of ether oxygens (including phenoxy) is 2. The summed E-state index contributed by atoms with van der Waals surface area (Å²) in [5.41, 5.74) is 8.67. The molecule has 0 bridgehead atoms. The Morgan fingerprint density at radius 2 is 1.09 bits per heavy atom. The van der Waals surface area contributed by atoms with Gasteiger partial charge in [-0.1, -0.05) is 24.3 Å². The van der Waals surface area contributed by atoms with Crippen molar-refractivity contribution in [1.29, 1.82) is 0 Å². The Balaban J connectivity index is 1.25. The number of aryl methyl sites for hydroxylation is 4. The molecule has 2 N–H and O–H groups in total. The average molecular weight is 431 g/mol. The van der Waals surface area contributed by atoms with Gasteiger partial charge in [0.15, 0.2) is 0 Å². The molecule has 0 unspecified atom stereocenters. The summed E-state index contributed by atoms with van der Waals surface area (Å²) in [4.78, 5) is 0. The first-order valence-electron chi connectivity index (χ1n) is 11.0. The predicted molar refractivity (Wildman–Crippen MR) is 127 cm³/mol. The fourth-order valence-electron chi connectivity index (χ4n) is 4.02. The zero-order chi connectivity index (χ0) is 22.5. The third-order valence-electron chi connectivity index (χ3n) is 5.58. The highest BCUT2D eigenvalue weighted by atomic mass is 16.5. The Labute approximate surface area is 189 Å². The molecule has 4 rings (SSSR count). The van der Waals surface area contributed by atoms with Crippen LogP contribution in [0.25, 0.3) is 22.3 Å². The van der Waals surface area contributed by atoms with E-state index in [0.717, 1.165) is 69.4 Å². The van der Waals surface area contributed by atoms with Gasteiger partial charge in [-0.05, 0) is 75.9 Å². The van der Waals surface area contributed by atoms with Gasteiger partial charge in [-0.15, -0.1) is 0 Å². The molecule has 0 saturated heterocycles. The first-order valence-corrected chi connectivity index (χ1v) is 11.0. The molecule has 32 heavy (non-hydrogen) atoms. The molecule has 0 aliphatic rings. The van der Waals surface area contributed by atoms with Gasteiger partial charge in [0.05, 0.1) is 24.6 Å². The fourth-order valence-corrected chi connectivity index (χ4v) is 4.02. The summed E-state index contributed by atoms with van der Waals surface area (Å²) in [6.45, 7) is 9.42. The second kappa shape index (κ2) is 9.73. The molecule has 0 fully saturated rings. The lowest BCUT2D eigenvalue weighted by Crippen LogP contribution is -2.02. The summed E-state index contributed by atoms with van der Waals surface area (Å²) in [5.74, 6) is 1.75. The summed E-state index contributed by atoms with van der Waals surface area (Å²) >= 11 is 0. The summed E-state index contributed by atoms with van der Waals surface area (Å²) in [6.07, 6.45) is 1.85. The number of hydrogen-bond acceptors (Lipinski definition) is 4. The molecule has 0 radical (unpaired) electrons. The molecule has 2 aromatic heterocycles.